The number of aromatic nitrogens is 1. The van der Waals surface area contributed by atoms with Crippen molar-refractivity contribution in [1.29, 1.82) is 0 Å². The van der Waals surface area contributed by atoms with Gasteiger partial charge in [0.15, 0.2) is 44.0 Å². The van der Waals surface area contributed by atoms with Crippen LogP contribution in [0.2, 0.25) is 0 Å². The number of aliphatic carboxylic acids is 2. The molecule has 24 N–H and O–H groups in total. The van der Waals surface area contributed by atoms with Crippen LogP contribution in [0, 0.1) is 5.92 Å². The van der Waals surface area contributed by atoms with Crippen LogP contribution in [0.4, 0.5) is 0 Å². The van der Waals surface area contributed by atoms with Crippen LogP contribution in [-0.4, -0.2) is 459 Å². The Kier molecular flexibility index (Phi) is 40.0. The summed E-state index contributed by atoms with van der Waals surface area (Å²) in [5.41, 5.74) is 5.34. The molecule has 48 heteroatoms. The van der Waals surface area contributed by atoms with Crippen LogP contribution in [0.3, 0.4) is 0 Å². The summed E-state index contributed by atoms with van der Waals surface area (Å²) < 4.78 is 93.3. The zero-order chi connectivity index (χ0) is 83.4. The maximum absolute atomic E-state index is 13.0. The number of carboxylic acids is 2. The van der Waals surface area contributed by atoms with E-state index in [1.54, 1.807) is 27.8 Å². The van der Waals surface area contributed by atoms with Gasteiger partial charge in [0.1, 0.15) is 181 Å². The lowest BCUT2D eigenvalue weighted by Gasteiger charge is -2.50. The number of hydrogen-bond acceptors (Lipinski definition) is 46. The molecule has 0 radical (unpaired) electrons. The van der Waals surface area contributed by atoms with Crippen molar-refractivity contribution in [1.82, 2.24) is 10.3 Å². The zero-order valence-electron chi connectivity index (χ0n) is 61.6. The van der Waals surface area contributed by atoms with E-state index < -0.39 is 290 Å². The molecule has 37 atom stereocenters. The minimum atomic E-state index is -2.31. The summed E-state index contributed by atoms with van der Waals surface area (Å²) in [4.78, 5) is 52.9. The number of thioether (sulfide) groups is 2. The first-order chi connectivity index (χ1) is 54.4. The summed E-state index contributed by atoms with van der Waals surface area (Å²) in [6.07, 6.45) is -71.3. The average Bonchev–Trinajstić information content (AvgIpc) is 0.779. The number of carboxylic acid groups (broad SMARTS) is 2. The molecule has 0 amide bonds. The Bertz CT molecular complexity index is 3020. The number of ether oxygens (including phenoxy) is 16. The number of nitrogens with zero attached hydrogens (tertiary/aromatic N) is 1. The average molecular weight is 1730 g/mol. The van der Waals surface area contributed by atoms with Gasteiger partial charge in [0.05, 0.1) is 77.6 Å². The van der Waals surface area contributed by atoms with Crippen molar-refractivity contribution in [3.8, 4) is 0 Å². The highest BCUT2D eigenvalue weighted by molar-refractivity contribution is 8.76. The van der Waals surface area contributed by atoms with Crippen molar-refractivity contribution in [3.63, 3.8) is 0 Å². The van der Waals surface area contributed by atoms with Gasteiger partial charge in [0.25, 0.3) is 0 Å². The predicted octanol–water partition coefficient (Wildman–Crippen LogP) is -11.2. The van der Waals surface area contributed by atoms with Crippen LogP contribution in [0.25, 0.3) is 0 Å². The topological polar surface area (TPSA) is 692 Å². The fourth-order valence-electron chi connectivity index (χ4n) is 13.2. The monoisotopic (exact) mass is 1730 g/mol. The number of ketones is 2. The molecule has 1 aromatic rings. The zero-order valence-corrected chi connectivity index (χ0v) is 64.9. The predicted molar refractivity (Wildman–Crippen MR) is 383 cm³/mol. The molecular weight excluding hydrogens is 1620 g/mol. The highest BCUT2D eigenvalue weighted by atomic mass is 33.1. The molecule has 656 valence electrons. The van der Waals surface area contributed by atoms with Crippen molar-refractivity contribution in [2.75, 3.05) is 102 Å². The molecule has 0 spiro atoms. The smallest absolute Gasteiger partial charge is 0.321 e. The first-order valence-corrected chi connectivity index (χ1v) is 41.2. The standard InChI is InChI=1S/C59H97NO41S2.C7H10N2S2/c1-19(66)3-5-86-7-8-87-6-4-21(67)9-20(51(82)83)15-102-17-28-49-35(73)42(80)58(93-28)98-47-26(13-64)89-55(38(76)31(47)69)97-46-25(12-63)92-57(41(79)34(46)72)101-50-29(18-103-16-22(60-2)52(84)85)94-59(43(81)36(50)74)99-48-27(14-65)90-54(39(77)32(48)70)95-44-23(10-61)88-53(37(75)30(44)68)96-45-24(11-62)91-56(100-49)40(78)33(45)71;8-4-6-10-11-7-3-1-2-5-9-7/h20,22-50,53-65,68-81H,3-18H2,1-2H3,(H,82,83)(H,84,85);1-3,5H,4,6,8H2/t20?,22-,23?,24?,25?,26?,27?,28?,29?,30-,31-,32-,33-,34-,35-,36-,37?,38?,39?,40?,41?,42?,43?,44-,45-,46-,47-,48-,49+,50-,53-,54-,55+,56+,57+,58-,59+;/m1./s1. The van der Waals surface area contributed by atoms with E-state index in [0.29, 0.717) is 0 Å². The van der Waals surface area contributed by atoms with Crippen LogP contribution >= 0.6 is 45.1 Å². The number of Topliss-reactive ketones (excluding diaryl/α,β-unsaturated/α-hetero) is 2. The molecule has 22 heterocycles. The van der Waals surface area contributed by atoms with Crippen molar-refractivity contribution in [3.05, 3.63) is 24.4 Å². The third-order valence-corrected chi connectivity index (χ3v) is 24.2. The van der Waals surface area contributed by atoms with E-state index in [1.807, 2.05) is 18.2 Å². The van der Waals surface area contributed by atoms with Gasteiger partial charge in [-0.3, -0.25) is 19.2 Å². The Morgan fingerprint density at radius 3 is 1.04 bits per heavy atom. The van der Waals surface area contributed by atoms with E-state index in [0.717, 1.165) is 40.8 Å². The SMILES string of the molecule is CN[C@H](CSCC1O[C@H]2O[C@@H]3C(CO)O[C@H](O[C@@H]4C(CO)O[C@H](O[C@@H]5C(CO)O[C@@H](O[C@H]6C(CSCC(CC(=O)CCOCCOCCC(C)=O)C(=O)O)O[C@H](O[C@@H]7C(CO)O[C@@H](O[C@@H]8C(CO)O[C@@H](O[C@H]1[C@H](O)C2O)C(O)[C@H]8O)C(O)[C@H]7O)C(O)[C@H]6O)C(O)[C@H]5O)C(O)[C@H]4O)C(O)[C@H]3O)C(=O)O.NCCSSc1ccccn1. The van der Waals surface area contributed by atoms with Gasteiger partial charge in [-0.15, -0.1) is 0 Å². The molecule has 0 aromatic carbocycles. The van der Waals surface area contributed by atoms with E-state index >= 15 is 0 Å². The molecule has 22 rings (SSSR count). The fourth-order valence-corrected chi connectivity index (χ4v) is 17.3. The second-order valence-corrected chi connectivity index (χ2v) is 32.2. The van der Waals surface area contributed by atoms with Gasteiger partial charge in [-0.25, -0.2) is 4.98 Å². The van der Waals surface area contributed by atoms with Crippen LogP contribution < -0.4 is 11.1 Å². The van der Waals surface area contributed by atoms with Gasteiger partial charge in [-0.05, 0) is 36.9 Å². The molecule has 21 aliphatic heterocycles. The quantitative estimate of drug-likeness (QED) is 0.0242. The molecule has 44 nitrogen and oxygen atoms in total. The highest BCUT2D eigenvalue weighted by Crippen LogP contribution is 2.40. The van der Waals surface area contributed by atoms with Gasteiger partial charge in [-0.1, -0.05) is 16.9 Å². The lowest BCUT2D eigenvalue weighted by molar-refractivity contribution is -0.395. The van der Waals surface area contributed by atoms with Crippen LogP contribution in [0.1, 0.15) is 26.2 Å². The number of carbonyl (C=O) groups is 4. The van der Waals surface area contributed by atoms with Gasteiger partial charge >= 0.3 is 11.9 Å². The Morgan fingerprint density at radius 2 is 0.754 bits per heavy atom. The number of carbonyl (C=O) groups excluding carboxylic acids is 2. The summed E-state index contributed by atoms with van der Waals surface area (Å²) in [7, 11) is 4.76. The van der Waals surface area contributed by atoms with E-state index in [2.05, 4.69) is 10.3 Å². The normalized spacial score (nSPS) is 41.5. The Hall–Kier alpha value is -2.65. The maximum atomic E-state index is 13.0. The molecule has 14 bridgehead atoms. The maximum Gasteiger partial charge on any atom is 0.321 e. The number of nitrogens with one attached hydrogen (secondary N) is 1. The number of pyridine rings is 1. The van der Waals surface area contributed by atoms with Gasteiger partial charge in [0, 0.05) is 60.8 Å². The highest BCUT2D eigenvalue weighted by Gasteiger charge is 2.60. The number of likely N-dealkylation sites (N-methyl/N-ethyl adjacent to an activating group) is 1. The third-order valence-electron chi connectivity index (χ3n) is 19.5. The number of aliphatic hydroxyl groups excluding tert-OH is 19. The molecule has 21 fully saturated rings. The van der Waals surface area contributed by atoms with Crippen LogP contribution in [0.5, 0.6) is 0 Å². The van der Waals surface area contributed by atoms with Crippen LogP contribution in [-0.2, 0) is 95.0 Å². The van der Waals surface area contributed by atoms with Gasteiger partial charge in [0.2, 0.25) is 0 Å². The van der Waals surface area contributed by atoms with Crippen molar-refractivity contribution in [2.45, 2.75) is 252 Å². The molecule has 114 heavy (non-hydrogen) atoms. The summed E-state index contributed by atoms with van der Waals surface area (Å²) in [6, 6.07) is 4.71. The third kappa shape index (κ3) is 25.3. The lowest BCUT2D eigenvalue weighted by Crippen LogP contribution is -2.68. The Morgan fingerprint density at radius 1 is 0.439 bits per heavy atom. The molecular formula is C66H107N3O41S4. The first-order valence-electron chi connectivity index (χ1n) is 36.5. The second-order valence-electron chi connectivity index (χ2n) is 27.6. The number of aliphatic hydroxyl groups is 19. The lowest BCUT2D eigenvalue weighted by atomic mass is 9.95. The molecule has 0 saturated carbocycles. The fraction of sp³-hybridized carbons (Fsp3) is 0.864. The molecule has 1 aromatic heterocycles. The second kappa shape index (κ2) is 47.1. The van der Waals surface area contributed by atoms with E-state index in [9.17, 15) is 126 Å². The Balaban J connectivity index is 0.00000136. The van der Waals surface area contributed by atoms with Crippen molar-refractivity contribution in [2.24, 2.45) is 11.7 Å². The summed E-state index contributed by atoms with van der Waals surface area (Å²) >= 11 is 1.66. The number of nitrogens with two attached hydrogens (primary N) is 1. The molecule has 21 saturated heterocycles. The van der Waals surface area contributed by atoms with Gasteiger partial charge < -0.3 is 194 Å². The summed E-state index contributed by atoms with van der Waals surface area (Å²) in [5, 5.41) is 240. The molecule has 21 aliphatic rings. The first kappa shape index (κ1) is 96.8. The Labute approximate surface area is 668 Å². The van der Waals surface area contributed by atoms with Crippen LogP contribution in [0.15, 0.2) is 29.4 Å². The van der Waals surface area contributed by atoms with E-state index in [4.69, 9.17) is 81.5 Å². The summed E-state index contributed by atoms with van der Waals surface area (Å²) in [6.45, 7) is -3.18. The van der Waals surface area contributed by atoms with E-state index in [-0.39, 0.29) is 62.3 Å². The number of rotatable bonds is 31. The van der Waals surface area contributed by atoms with Crippen molar-refractivity contribution < 1.29 is 202 Å². The molecule has 0 aliphatic carbocycles. The molecule has 15 unspecified atom stereocenters. The number of hydrogen-bond donors (Lipinski definition) is 23. The minimum Gasteiger partial charge on any atom is -0.481 e. The largest absolute Gasteiger partial charge is 0.481 e. The minimum absolute atomic E-state index is 0.0645. The van der Waals surface area contributed by atoms with Crippen molar-refractivity contribution >= 4 is 68.6 Å². The summed E-state index contributed by atoms with van der Waals surface area (Å²) in [5.74, 6) is -5.11. The van der Waals surface area contributed by atoms with E-state index in [1.165, 1.54) is 14.0 Å². The van der Waals surface area contributed by atoms with Gasteiger partial charge in [-0.2, -0.15) is 23.5 Å².